The summed E-state index contributed by atoms with van der Waals surface area (Å²) in [6.07, 6.45) is 2.83. The number of benzene rings is 1. The van der Waals surface area contributed by atoms with Crippen LogP contribution >= 0.6 is 0 Å². The van der Waals surface area contributed by atoms with Crippen molar-refractivity contribution in [1.29, 1.82) is 5.53 Å². The molecule has 5 nitrogen and oxygen atoms in total. The van der Waals surface area contributed by atoms with Gasteiger partial charge in [0.2, 0.25) is 0 Å². The van der Waals surface area contributed by atoms with Crippen molar-refractivity contribution in [3.05, 3.63) is 42.2 Å². The molecule has 0 bridgehead atoms. The number of rotatable bonds is 11. The van der Waals surface area contributed by atoms with Gasteiger partial charge in [0.25, 0.3) is 5.69 Å². The Morgan fingerprint density at radius 3 is 2.55 bits per heavy atom. The van der Waals surface area contributed by atoms with Crippen LogP contribution in [0.1, 0.15) is 37.7 Å². The van der Waals surface area contributed by atoms with Crippen molar-refractivity contribution in [3.63, 3.8) is 0 Å². The first-order valence-electron chi connectivity index (χ1n) is 7.53. The Morgan fingerprint density at radius 2 is 2.00 bits per heavy atom. The third-order valence-corrected chi connectivity index (χ3v) is 3.53. The highest BCUT2D eigenvalue weighted by Gasteiger charge is 2.17. The molecule has 0 aromatic heterocycles. The van der Waals surface area contributed by atoms with Crippen molar-refractivity contribution in [2.45, 2.75) is 32.1 Å². The van der Waals surface area contributed by atoms with E-state index in [0.29, 0.717) is 13.2 Å². The van der Waals surface area contributed by atoms with Crippen molar-refractivity contribution < 1.29 is 14.3 Å². The van der Waals surface area contributed by atoms with E-state index in [1.807, 2.05) is 19.1 Å². The van der Waals surface area contributed by atoms with Gasteiger partial charge in [-0.15, -0.1) is 0 Å². The van der Waals surface area contributed by atoms with Crippen molar-refractivity contribution in [2.24, 2.45) is 5.11 Å². The predicted octanol–water partition coefficient (Wildman–Crippen LogP) is 4.43. The van der Waals surface area contributed by atoms with Crippen LogP contribution in [0.25, 0.3) is 0 Å². The number of allylic oxidation sites excluding steroid dienone is 1. The largest absolute Gasteiger partial charge is 0.498 e. The summed E-state index contributed by atoms with van der Waals surface area (Å²) in [5, 5.41) is 3.40. The number of hydrogen-bond donors (Lipinski definition) is 1. The Morgan fingerprint density at radius 1 is 1.32 bits per heavy atom. The topological polar surface area (TPSA) is 57.7 Å². The van der Waals surface area contributed by atoms with E-state index in [2.05, 4.69) is 30.5 Å². The molecule has 0 saturated heterocycles. The first-order chi connectivity index (χ1) is 10.6. The van der Waals surface area contributed by atoms with Crippen molar-refractivity contribution >= 4 is 12.4 Å². The highest BCUT2D eigenvalue weighted by Crippen LogP contribution is 2.30. The molecule has 0 aliphatic carbocycles. The van der Waals surface area contributed by atoms with E-state index in [9.17, 15) is 0 Å². The van der Waals surface area contributed by atoms with Crippen LogP contribution in [0.3, 0.4) is 0 Å². The zero-order valence-electron chi connectivity index (χ0n) is 13.5. The van der Waals surface area contributed by atoms with Crippen LogP contribution in [0.15, 0.2) is 41.7 Å². The lowest BCUT2D eigenvalue weighted by Gasteiger charge is -2.20. The molecule has 22 heavy (non-hydrogen) atoms. The Kier molecular flexibility index (Phi) is 7.89. The molecule has 0 saturated carbocycles. The predicted molar refractivity (Wildman–Crippen MR) is 87.9 cm³/mol. The molecule has 1 aromatic rings. The van der Waals surface area contributed by atoms with Crippen LogP contribution in [0.4, 0.5) is 5.69 Å². The quantitative estimate of drug-likeness (QED) is 0.164. The van der Waals surface area contributed by atoms with E-state index in [-0.39, 0.29) is 5.92 Å². The molecular weight excluding hydrogens is 278 g/mol. The number of unbranched alkanes of at least 4 members (excludes halogenated alkanes) is 1. The average molecular weight is 304 g/mol. The van der Waals surface area contributed by atoms with Crippen molar-refractivity contribution in [3.8, 4) is 0 Å². The van der Waals surface area contributed by atoms with Crippen LogP contribution in [-0.4, -0.2) is 31.7 Å². The normalized spacial score (nSPS) is 11.5. The molecule has 1 unspecified atom stereocenters. The second kappa shape index (κ2) is 9.71. The van der Waals surface area contributed by atoms with Gasteiger partial charge in [0.1, 0.15) is 7.11 Å². The SMILES string of the molecule is C=C(OCC)C(CCCCN=N)c1ccc([N+](=C)OC)cc1. The summed E-state index contributed by atoms with van der Waals surface area (Å²) in [4.78, 5) is 5.07. The average Bonchev–Trinajstić information content (AvgIpc) is 2.54. The highest BCUT2D eigenvalue weighted by atomic mass is 16.6. The molecular formula is C17H26N3O2+. The molecule has 0 aliphatic rings. The molecule has 1 aromatic carbocycles. The summed E-state index contributed by atoms with van der Waals surface area (Å²) in [7, 11) is 1.58. The number of nitrogens with zero attached hydrogens (tertiary/aromatic N) is 2. The molecule has 1 rings (SSSR count). The zero-order chi connectivity index (χ0) is 16.4. The zero-order valence-corrected chi connectivity index (χ0v) is 13.5. The lowest BCUT2D eigenvalue weighted by molar-refractivity contribution is -0.714. The molecule has 1 atom stereocenters. The fourth-order valence-corrected chi connectivity index (χ4v) is 2.32. The van der Waals surface area contributed by atoms with Gasteiger partial charge in [-0.05, 0) is 25.3 Å². The monoisotopic (exact) mass is 304 g/mol. The fraction of sp³-hybridized carbons (Fsp3) is 0.471. The minimum atomic E-state index is 0.153. The van der Waals surface area contributed by atoms with Gasteiger partial charge >= 0.3 is 0 Å². The molecule has 5 heteroatoms. The first kappa shape index (κ1) is 17.9. The van der Waals surface area contributed by atoms with E-state index in [1.165, 1.54) is 4.74 Å². The number of ether oxygens (including phenoxy) is 1. The van der Waals surface area contributed by atoms with E-state index in [0.717, 1.165) is 36.3 Å². The Hall–Kier alpha value is -2.17. The summed E-state index contributed by atoms with van der Waals surface area (Å²) < 4.78 is 7.08. The highest BCUT2D eigenvalue weighted by molar-refractivity contribution is 5.38. The molecule has 0 heterocycles. The smallest absolute Gasteiger partial charge is 0.256 e. The van der Waals surface area contributed by atoms with Crippen molar-refractivity contribution in [1.82, 2.24) is 0 Å². The third-order valence-electron chi connectivity index (χ3n) is 3.53. The molecule has 0 amide bonds. The summed E-state index contributed by atoms with van der Waals surface area (Å²) in [5.74, 6) is 0.942. The summed E-state index contributed by atoms with van der Waals surface area (Å²) in [6.45, 7) is 11.0. The first-order valence-corrected chi connectivity index (χ1v) is 7.53. The maximum atomic E-state index is 6.85. The Balaban J connectivity index is 2.82. The molecule has 0 aliphatic heterocycles. The van der Waals surface area contributed by atoms with Crippen LogP contribution < -0.4 is 0 Å². The van der Waals surface area contributed by atoms with Gasteiger partial charge in [-0.1, -0.05) is 25.1 Å². The Labute approximate surface area is 132 Å². The van der Waals surface area contributed by atoms with Gasteiger partial charge in [-0.2, -0.15) is 5.11 Å². The standard InChI is InChI=1S/C17H26N3O2/c1-5-22-14(2)17(8-6-7-13-19-18)15-9-11-16(12-10-15)20(3)21-4/h9-12,17-18H,2-3,5-8,13H2,1,4H3/q+1. The second-order valence-electron chi connectivity index (χ2n) is 4.98. The van der Waals surface area contributed by atoms with Crippen LogP contribution in [0.5, 0.6) is 0 Å². The van der Waals surface area contributed by atoms with Gasteiger partial charge in [0.05, 0.1) is 18.9 Å². The number of nitrogens with one attached hydrogen (secondary N) is 1. The van der Waals surface area contributed by atoms with Gasteiger partial charge < -0.3 is 4.74 Å². The molecule has 120 valence electrons. The lowest BCUT2D eigenvalue weighted by atomic mass is 9.92. The van der Waals surface area contributed by atoms with E-state index >= 15 is 0 Å². The van der Waals surface area contributed by atoms with Gasteiger partial charge in [-0.25, -0.2) is 5.53 Å². The van der Waals surface area contributed by atoms with E-state index in [4.69, 9.17) is 15.1 Å². The minimum Gasteiger partial charge on any atom is -0.498 e. The summed E-state index contributed by atoms with van der Waals surface area (Å²) in [6, 6.07) is 8.04. The molecule has 0 spiro atoms. The Bertz CT molecular complexity index is 497. The number of hydrogen-bond acceptors (Lipinski definition) is 4. The van der Waals surface area contributed by atoms with E-state index in [1.54, 1.807) is 7.11 Å². The van der Waals surface area contributed by atoms with Crippen LogP contribution in [0, 0.1) is 5.53 Å². The van der Waals surface area contributed by atoms with Gasteiger partial charge in [0, 0.05) is 22.8 Å². The van der Waals surface area contributed by atoms with Crippen LogP contribution in [0.2, 0.25) is 0 Å². The lowest BCUT2D eigenvalue weighted by Crippen LogP contribution is -2.06. The molecule has 0 radical (unpaired) electrons. The minimum absolute atomic E-state index is 0.153. The maximum absolute atomic E-state index is 6.85. The van der Waals surface area contributed by atoms with E-state index < -0.39 is 0 Å². The van der Waals surface area contributed by atoms with Gasteiger partial charge in [0.15, 0.2) is 6.72 Å². The van der Waals surface area contributed by atoms with Crippen molar-refractivity contribution in [2.75, 3.05) is 20.3 Å². The van der Waals surface area contributed by atoms with Crippen LogP contribution in [-0.2, 0) is 9.57 Å². The molecule has 1 N–H and O–H groups in total. The third kappa shape index (κ3) is 5.31. The summed E-state index contributed by atoms with van der Waals surface area (Å²) >= 11 is 0. The fourth-order valence-electron chi connectivity index (χ4n) is 2.32. The maximum Gasteiger partial charge on any atom is 0.256 e. The van der Waals surface area contributed by atoms with Gasteiger partial charge in [-0.3, -0.25) is 4.84 Å². The second-order valence-corrected chi connectivity index (χ2v) is 4.98. The molecule has 0 fully saturated rings. The summed E-state index contributed by atoms with van der Waals surface area (Å²) in [5.41, 5.74) is 8.90.